The van der Waals surface area contributed by atoms with E-state index in [1.54, 1.807) is 0 Å². The van der Waals surface area contributed by atoms with Crippen LogP contribution in [-0.4, -0.2) is 30.9 Å². The van der Waals surface area contributed by atoms with Crippen LogP contribution in [0.2, 0.25) is 20.9 Å². The molecule has 0 bridgehead atoms. The minimum atomic E-state index is -0.566. The lowest BCUT2D eigenvalue weighted by atomic mass is 9.66. The molecule has 0 N–H and O–H groups in total. The smallest absolute Gasteiger partial charge is 0.461 e. The summed E-state index contributed by atoms with van der Waals surface area (Å²) in [5.41, 5.74) is -0.661. The molecular weight excluding hydrogens is 421 g/mol. The summed E-state index contributed by atoms with van der Waals surface area (Å²) >= 11 is 18.1. The van der Waals surface area contributed by atoms with Crippen molar-refractivity contribution in [3.05, 3.63) is 32.8 Å². The average molecular weight is 450 g/mol. The highest BCUT2D eigenvalue weighted by molar-refractivity contribution is 6.47. The first-order valence-corrected chi connectivity index (χ1v) is 10.6. The average Bonchev–Trinajstić information content (AvgIpc) is 2.73. The third kappa shape index (κ3) is 5.57. The standard InChI is InChI=1S/C20H28BCl3O4/c1-12(2)9-13(21-27-19(3,4)20(5,6)28-21)7-8-26-18(25)17-15(23)10-14(22)11-16(17)24/h10-13H,7-9H2,1-6H3/t13-/m0/s1. The molecule has 0 aromatic heterocycles. The molecule has 1 aliphatic rings. The van der Waals surface area contributed by atoms with E-state index in [-0.39, 0.29) is 35.2 Å². The zero-order valence-corrected chi connectivity index (χ0v) is 19.5. The Kier molecular flexibility index (Phi) is 7.77. The fourth-order valence-corrected chi connectivity index (χ4v) is 4.14. The number of benzene rings is 1. The van der Waals surface area contributed by atoms with Gasteiger partial charge < -0.3 is 14.0 Å². The highest BCUT2D eigenvalue weighted by atomic mass is 35.5. The predicted octanol–water partition coefficient (Wildman–Crippen LogP) is 6.70. The van der Waals surface area contributed by atoms with Crippen molar-refractivity contribution in [1.29, 1.82) is 0 Å². The Hall–Kier alpha value is -0.455. The molecule has 8 heteroatoms. The summed E-state index contributed by atoms with van der Waals surface area (Å²) in [4.78, 5) is 12.4. The van der Waals surface area contributed by atoms with Gasteiger partial charge in [0.25, 0.3) is 0 Å². The molecule has 1 heterocycles. The number of hydrogen-bond acceptors (Lipinski definition) is 4. The molecule has 0 saturated carbocycles. The van der Waals surface area contributed by atoms with Crippen LogP contribution in [0.5, 0.6) is 0 Å². The topological polar surface area (TPSA) is 44.8 Å². The molecule has 0 amide bonds. The Morgan fingerprint density at radius 1 is 1.07 bits per heavy atom. The van der Waals surface area contributed by atoms with Crippen LogP contribution in [0.15, 0.2) is 12.1 Å². The third-order valence-electron chi connectivity index (χ3n) is 5.36. The largest absolute Gasteiger partial charge is 0.462 e. The van der Waals surface area contributed by atoms with Gasteiger partial charge in [-0.25, -0.2) is 4.79 Å². The Bertz CT molecular complexity index is 682. The van der Waals surface area contributed by atoms with Crippen molar-refractivity contribution < 1.29 is 18.8 Å². The molecule has 1 aromatic rings. The van der Waals surface area contributed by atoms with E-state index >= 15 is 0 Å². The number of rotatable bonds is 7. The van der Waals surface area contributed by atoms with Crippen LogP contribution in [0.3, 0.4) is 0 Å². The van der Waals surface area contributed by atoms with E-state index in [1.165, 1.54) is 12.1 Å². The van der Waals surface area contributed by atoms with Gasteiger partial charge in [-0.2, -0.15) is 0 Å². The first kappa shape index (κ1) is 23.8. The molecule has 0 aliphatic carbocycles. The van der Waals surface area contributed by atoms with Crippen LogP contribution in [-0.2, 0) is 14.0 Å². The van der Waals surface area contributed by atoms with Gasteiger partial charge in [-0.15, -0.1) is 0 Å². The van der Waals surface area contributed by atoms with E-state index in [2.05, 4.69) is 13.8 Å². The van der Waals surface area contributed by atoms with Crippen LogP contribution >= 0.6 is 34.8 Å². The molecule has 4 nitrogen and oxygen atoms in total. The molecular formula is C20H28BCl3O4. The van der Waals surface area contributed by atoms with Crippen molar-refractivity contribution in [2.75, 3.05) is 6.61 Å². The SMILES string of the molecule is CC(C)C[C@H](CCOC(=O)c1c(Cl)cc(Cl)cc1Cl)B1OC(C)(C)C(C)(C)O1. The summed E-state index contributed by atoms with van der Waals surface area (Å²) in [5.74, 6) is -0.00576. The lowest BCUT2D eigenvalue weighted by molar-refractivity contribution is 0.00578. The second kappa shape index (κ2) is 9.14. The van der Waals surface area contributed by atoms with E-state index in [9.17, 15) is 4.79 Å². The maximum atomic E-state index is 12.4. The summed E-state index contributed by atoms with van der Waals surface area (Å²) in [5, 5.41) is 0.712. The lowest BCUT2D eigenvalue weighted by Gasteiger charge is -2.32. The monoisotopic (exact) mass is 448 g/mol. The number of carbonyl (C=O) groups is 1. The van der Waals surface area contributed by atoms with Crippen LogP contribution < -0.4 is 0 Å². The van der Waals surface area contributed by atoms with Gasteiger partial charge in [-0.05, 0) is 64.4 Å². The molecule has 0 radical (unpaired) electrons. The minimum Gasteiger partial charge on any atom is -0.462 e. The maximum absolute atomic E-state index is 12.4. The molecule has 1 aliphatic heterocycles. The zero-order valence-electron chi connectivity index (χ0n) is 17.3. The zero-order chi connectivity index (χ0) is 21.3. The highest BCUT2D eigenvalue weighted by Crippen LogP contribution is 2.42. The van der Waals surface area contributed by atoms with Gasteiger partial charge in [0.15, 0.2) is 0 Å². The van der Waals surface area contributed by atoms with Gasteiger partial charge in [0, 0.05) is 5.02 Å². The summed E-state index contributed by atoms with van der Waals surface area (Å²) in [6.45, 7) is 12.6. The Morgan fingerprint density at radius 3 is 2.04 bits per heavy atom. The fraction of sp³-hybridized carbons (Fsp3) is 0.650. The van der Waals surface area contributed by atoms with Crippen LogP contribution in [0.1, 0.15) is 64.7 Å². The predicted molar refractivity (Wildman–Crippen MR) is 116 cm³/mol. The van der Waals surface area contributed by atoms with E-state index in [4.69, 9.17) is 48.8 Å². The van der Waals surface area contributed by atoms with Gasteiger partial charge in [0.05, 0.1) is 33.4 Å². The normalized spacial score (nSPS) is 19.1. The van der Waals surface area contributed by atoms with Gasteiger partial charge in [-0.3, -0.25) is 0 Å². The van der Waals surface area contributed by atoms with E-state index in [0.29, 0.717) is 17.4 Å². The first-order valence-electron chi connectivity index (χ1n) is 9.51. The van der Waals surface area contributed by atoms with E-state index in [0.717, 1.165) is 6.42 Å². The molecule has 1 fully saturated rings. The summed E-state index contributed by atoms with van der Waals surface area (Å²) < 4.78 is 17.8. The summed E-state index contributed by atoms with van der Waals surface area (Å²) in [6, 6.07) is 2.94. The molecule has 2 rings (SSSR count). The van der Waals surface area contributed by atoms with Crippen molar-refractivity contribution in [2.45, 2.75) is 71.4 Å². The van der Waals surface area contributed by atoms with E-state index < -0.39 is 17.2 Å². The quantitative estimate of drug-likeness (QED) is 0.343. The third-order valence-corrected chi connectivity index (χ3v) is 6.18. The second-order valence-corrected chi connectivity index (χ2v) is 9.93. The number of carbonyl (C=O) groups excluding carboxylic acids is 1. The Labute approximate surface area is 183 Å². The summed E-state index contributed by atoms with van der Waals surface area (Å²) in [6.07, 6.45) is 1.51. The Balaban J connectivity index is 2.02. The fourth-order valence-electron chi connectivity index (χ4n) is 3.16. The van der Waals surface area contributed by atoms with Crippen LogP contribution in [0.4, 0.5) is 0 Å². The maximum Gasteiger partial charge on any atom is 0.461 e. The number of hydrogen-bond donors (Lipinski definition) is 0. The van der Waals surface area contributed by atoms with Crippen molar-refractivity contribution in [2.24, 2.45) is 5.92 Å². The van der Waals surface area contributed by atoms with Crippen molar-refractivity contribution in [3.8, 4) is 0 Å². The van der Waals surface area contributed by atoms with Gasteiger partial charge in [-0.1, -0.05) is 48.7 Å². The van der Waals surface area contributed by atoms with Crippen molar-refractivity contribution in [3.63, 3.8) is 0 Å². The van der Waals surface area contributed by atoms with Crippen molar-refractivity contribution in [1.82, 2.24) is 0 Å². The van der Waals surface area contributed by atoms with Gasteiger partial charge >= 0.3 is 13.1 Å². The molecule has 0 spiro atoms. The molecule has 1 aromatic carbocycles. The molecule has 1 saturated heterocycles. The van der Waals surface area contributed by atoms with E-state index in [1.807, 2.05) is 27.7 Å². The van der Waals surface area contributed by atoms with Gasteiger partial charge in [0.1, 0.15) is 0 Å². The van der Waals surface area contributed by atoms with Crippen LogP contribution in [0.25, 0.3) is 0 Å². The van der Waals surface area contributed by atoms with Crippen molar-refractivity contribution >= 4 is 47.9 Å². The highest BCUT2D eigenvalue weighted by Gasteiger charge is 2.53. The molecule has 0 unspecified atom stereocenters. The second-order valence-electron chi connectivity index (χ2n) is 8.68. The molecule has 1 atom stereocenters. The molecule has 156 valence electrons. The van der Waals surface area contributed by atoms with Crippen LogP contribution in [0, 0.1) is 5.92 Å². The summed E-state index contributed by atoms with van der Waals surface area (Å²) in [7, 11) is -0.339. The van der Waals surface area contributed by atoms with Gasteiger partial charge in [0.2, 0.25) is 0 Å². The first-order chi connectivity index (χ1) is 12.8. The number of esters is 1. The number of ether oxygens (including phenoxy) is 1. The lowest BCUT2D eigenvalue weighted by Crippen LogP contribution is -2.41. The Morgan fingerprint density at radius 2 is 1.57 bits per heavy atom. The number of halogens is 3. The molecule has 28 heavy (non-hydrogen) atoms. The minimum absolute atomic E-state index is 0.102.